The molecule has 0 bridgehead atoms. The quantitative estimate of drug-likeness (QED) is 0.794. The topological polar surface area (TPSA) is 57.9 Å². The lowest BCUT2D eigenvalue weighted by Crippen LogP contribution is -2.21. The number of pyridine rings is 1. The molecule has 4 heteroatoms. The normalized spacial score (nSPS) is 13.5. The molecule has 2 aromatic rings. The van der Waals surface area contributed by atoms with Gasteiger partial charge in [0.15, 0.2) is 0 Å². The zero-order chi connectivity index (χ0) is 16.9. The molecular formula is C19H25N3O. The van der Waals surface area contributed by atoms with Crippen LogP contribution < -0.4 is 10.1 Å². The average Bonchev–Trinajstić information content (AvgIpc) is 2.59. The van der Waals surface area contributed by atoms with E-state index in [1.165, 1.54) is 0 Å². The van der Waals surface area contributed by atoms with Crippen LogP contribution in [-0.4, -0.2) is 25.7 Å². The summed E-state index contributed by atoms with van der Waals surface area (Å²) in [6, 6.07) is 10.7. The number of methoxy groups -OCH3 is 1. The van der Waals surface area contributed by atoms with Crippen molar-refractivity contribution in [1.29, 1.82) is 5.26 Å². The van der Waals surface area contributed by atoms with Crippen molar-refractivity contribution in [3.8, 4) is 11.9 Å². The number of hydrogen-bond acceptors (Lipinski definition) is 4. The summed E-state index contributed by atoms with van der Waals surface area (Å²) in [6.07, 6.45) is 2.66. The van der Waals surface area contributed by atoms with Crippen molar-refractivity contribution in [2.24, 2.45) is 0 Å². The first kappa shape index (κ1) is 17.2. The number of nitrogens with one attached hydrogen (secondary N) is 1. The minimum Gasteiger partial charge on any atom is -0.481 e. The van der Waals surface area contributed by atoms with Crippen molar-refractivity contribution in [2.75, 3.05) is 20.7 Å². The third-order valence-electron chi connectivity index (χ3n) is 4.42. The number of hydrogen-bond donors (Lipinski definition) is 1. The van der Waals surface area contributed by atoms with Crippen molar-refractivity contribution in [3.05, 3.63) is 35.4 Å². The molecule has 23 heavy (non-hydrogen) atoms. The van der Waals surface area contributed by atoms with E-state index < -0.39 is 5.41 Å². The minimum absolute atomic E-state index is 0.497. The Labute approximate surface area is 138 Å². The molecule has 0 spiro atoms. The average molecular weight is 311 g/mol. The molecule has 0 aliphatic carbocycles. The lowest BCUT2D eigenvalue weighted by Gasteiger charge is -2.22. The van der Waals surface area contributed by atoms with Crippen molar-refractivity contribution in [2.45, 2.75) is 38.5 Å². The molecule has 0 fully saturated rings. The van der Waals surface area contributed by atoms with E-state index in [0.717, 1.165) is 47.8 Å². The van der Waals surface area contributed by atoms with E-state index in [0.29, 0.717) is 5.88 Å². The van der Waals surface area contributed by atoms with Gasteiger partial charge in [0.05, 0.1) is 24.1 Å². The summed E-state index contributed by atoms with van der Waals surface area (Å²) in [6.45, 7) is 5.01. The van der Waals surface area contributed by atoms with Gasteiger partial charge in [0, 0.05) is 10.9 Å². The molecule has 0 saturated heterocycles. The van der Waals surface area contributed by atoms with Gasteiger partial charge in [-0.1, -0.05) is 19.1 Å². The van der Waals surface area contributed by atoms with Crippen LogP contribution in [0.2, 0.25) is 0 Å². The maximum absolute atomic E-state index is 9.68. The van der Waals surface area contributed by atoms with Crippen molar-refractivity contribution < 1.29 is 4.74 Å². The second-order valence-corrected chi connectivity index (χ2v) is 6.07. The van der Waals surface area contributed by atoms with Crippen LogP contribution in [-0.2, 0) is 11.8 Å². The lowest BCUT2D eigenvalue weighted by molar-refractivity contribution is 0.394. The third kappa shape index (κ3) is 3.62. The van der Waals surface area contributed by atoms with Crippen LogP contribution in [0.25, 0.3) is 10.9 Å². The standard InChI is InChI=1S/C19H25N3O/c1-5-14-11-15-7-8-16(12-17(15)22-18(14)23-4)19(2,13-20)9-6-10-21-3/h7-8,11-12,21H,5-6,9-10H2,1-4H3. The van der Waals surface area contributed by atoms with E-state index in [9.17, 15) is 5.26 Å². The molecular weight excluding hydrogens is 286 g/mol. The molecule has 2 rings (SSSR count). The summed E-state index contributed by atoms with van der Waals surface area (Å²) < 4.78 is 5.39. The van der Waals surface area contributed by atoms with Crippen LogP contribution in [0, 0.1) is 11.3 Å². The summed E-state index contributed by atoms with van der Waals surface area (Å²) in [4.78, 5) is 4.63. The van der Waals surface area contributed by atoms with Gasteiger partial charge in [0.2, 0.25) is 5.88 Å². The highest BCUT2D eigenvalue weighted by atomic mass is 16.5. The number of aromatic nitrogens is 1. The predicted molar refractivity (Wildman–Crippen MR) is 93.8 cm³/mol. The maximum atomic E-state index is 9.68. The smallest absolute Gasteiger partial charge is 0.216 e. The maximum Gasteiger partial charge on any atom is 0.216 e. The van der Waals surface area contributed by atoms with Crippen molar-refractivity contribution >= 4 is 10.9 Å². The molecule has 0 amide bonds. The SMILES string of the molecule is CCc1cc2ccc(C(C)(C#N)CCCNC)cc2nc1OC. The van der Waals surface area contributed by atoms with Gasteiger partial charge in [-0.25, -0.2) is 4.98 Å². The number of fused-ring (bicyclic) bond motifs is 1. The number of ether oxygens (including phenoxy) is 1. The van der Waals surface area contributed by atoms with E-state index in [1.54, 1.807) is 7.11 Å². The number of aryl methyl sites for hydroxylation is 1. The fraction of sp³-hybridized carbons (Fsp3) is 0.474. The second-order valence-electron chi connectivity index (χ2n) is 6.07. The van der Waals surface area contributed by atoms with E-state index in [4.69, 9.17) is 4.74 Å². The van der Waals surface area contributed by atoms with Crippen molar-refractivity contribution in [3.63, 3.8) is 0 Å². The first-order chi connectivity index (χ1) is 11.1. The zero-order valence-electron chi connectivity index (χ0n) is 14.4. The Morgan fingerprint density at radius 1 is 1.35 bits per heavy atom. The minimum atomic E-state index is -0.497. The molecule has 1 unspecified atom stereocenters. The summed E-state index contributed by atoms with van der Waals surface area (Å²) in [5, 5.41) is 13.9. The van der Waals surface area contributed by atoms with Crippen LogP contribution >= 0.6 is 0 Å². The largest absolute Gasteiger partial charge is 0.481 e. The Bertz CT molecular complexity index is 720. The predicted octanol–water partition coefficient (Wildman–Crippen LogP) is 3.59. The van der Waals surface area contributed by atoms with Crippen LogP contribution in [0.3, 0.4) is 0 Å². The molecule has 0 saturated carbocycles. The van der Waals surface area contributed by atoms with Gasteiger partial charge in [-0.15, -0.1) is 0 Å². The van der Waals surface area contributed by atoms with Crippen molar-refractivity contribution in [1.82, 2.24) is 10.3 Å². The van der Waals surface area contributed by atoms with Gasteiger partial charge < -0.3 is 10.1 Å². The lowest BCUT2D eigenvalue weighted by atomic mass is 9.79. The van der Waals surface area contributed by atoms with Gasteiger partial charge in [-0.3, -0.25) is 0 Å². The molecule has 1 N–H and O–H groups in total. The van der Waals surface area contributed by atoms with Gasteiger partial charge in [-0.2, -0.15) is 5.26 Å². The molecule has 4 nitrogen and oxygen atoms in total. The number of nitrogens with zero attached hydrogens (tertiary/aromatic N) is 2. The fourth-order valence-corrected chi connectivity index (χ4v) is 2.85. The molecule has 1 aromatic carbocycles. The zero-order valence-corrected chi connectivity index (χ0v) is 14.4. The van der Waals surface area contributed by atoms with E-state index >= 15 is 0 Å². The first-order valence-corrected chi connectivity index (χ1v) is 8.12. The van der Waals surface area contributed by atoms with E-state index in [2.05, 4.69) is 41.5 Å². The summed E-state index contributed by atoms with van der Waals surface area (Å²) >= 11 is 0. The Morgan fingerprint density at radius 2 is 2.13 bits per heavy atom. The Hall–Kier alpha value is -2.12. The molecule has 122 valence electrons. The number of nitriles is 1. The highest BCUT2D eigenvalue weighted by Crippen LogP contribution is 2.31. The highest BCUT2D eigenvalue weighted by molar-refractivity contribution is 5.81. The van der Waals surface area contributed by atoms with E-state index in [-0.39, 0.29) is 0 Å². The summed E-state index contributed by atoms with van der Waals surface area (Å²) in [5.74, 6) is 0.672. The molecule has 0 aliphatic heterocycles. The first-order valence-electron chi connectivity index (χ1n) is 8.12. The highest BCUT2D eigenvalue weighted by Gasteiger charge is 2.26. The second kappa shape index (κ2) is 7.43. The molecule has 1 heterocycles. The Balaban J connectivity index is 2.44. The monoisotopic (exact) mass is 311 g/mol. The van der Waals surface area contributed by atoms with Crippen LogP contribution in [0.5, 0.6) is 5.88 Å². The molecule has 1 atom stereocenters. The van der Waals surface area contributed by atoms with Gasteiger partial charge in [0.25, 0.3) is 0 Å². The molecule has 1 aromatic heterocycles. The number of benzene rings is 1. The van der Waals surface area contributed by atoms with Crippen LogP contribution in [0.1, 0.15) is 37.8 Å². The van der Waals surface area contributed by atoms with Gasteiger partial charge >= 0.3 is 0 Å². The van der Waals surface area contributed by atoms with Gasteiger partial charge in [0.1, 0.15) is 0 Å². The van der Waals surface area contributed by atoms with E-state index in [1.807, 2.05) is 20.0 Å². The summed E-state index contributed by atoms with van der Waals surface area (Å²) in [7, 11) is 3.58. The van der Waals surface area contributed by atoms with Crippen LogP contribution in [0.15, 0.2) is 24.3 Å². The number of rotatable bonds is 7. The fourth-order valence-electron chi connectivity index (χ4n) is 2.85. The Morgan fingerprint density at radius 3 is 2.74 bits per heavy atom. The van der Waals surface area contributed by atoms with Crippen LogP contribution in [0.4, 0.5) is 0 Å². The third-order valence-corrected chi connectivity index (χ3v) is 4.42. The Kier molecular flexibility index (Phi) is 5.57. The summed E-state index contributed by atoms with van der Waals surface area (Å²) in [5.41, 5.74) is 2.50. The van der Waals surface area contributed by atoms with Gasteiger partial charge in [-0.05, 0) is 57.5 Å². The molecule has 0 radical (unpaired) electrons. The molecule has 0 aliphatic rings.